The first-order valence-corrected chi connectivity index (χ1v) is 6.11. The number of amides is 1. The molecule has 0 fully saturated rings. The highest BCUT2D eigenvalue weighted by Crippen LogP contribution is 2.11. The second-order valence-electron chi connectivity index (χ2n) is 4.26. The van der Waals surface area contributed by atoms with Crippen molar-refractivity contribution in [1.29, 1.82) is 0 Å². The van der Waals surface area contributed by atoms with Gasteiger partial charge in [-0.2, -0.15) is 0 Å². The Balaban J connectivity index is 2.38. The van der Waals surface area contributed by atoms with Crippen LogP contribution in [-0.4, -0.2) is 15.0 Å². The van der Waals surface area contributed by atoms with Crippen LogP contribution in [0.2, 0.25) is 5.02 Å². The van der Waals surface area contributed by atoms with Crippen LogP contribution in [-0.2, 0) is 14.1 Å². The highest BCUT2D eigenvalue weighted by molar-refractivity contribution is 6.31. The van der Waals surface area contributed by atoms with E-state index in [-0.39, 0.29) is 5.69 Å². The third-order valence-electron chi connectivity index (χ3n) is 2.78. The Hall–Kier alpha value is -2.34. The van der Waals surface area contributed by atoms with Gasteiger partial charge in [0.1, 0.15) is 5.69 Å². The van der Waals surface area contributed by atoms with Crippen molar-refractivity contribution in [1.82, 2.24) is 9.13 Å². The zero-order valence-corrected chi connectivity index (χ0v) is 11.6. The van der Waals surface area contributed by atoms with E-state index >= 15 is 0 Å². The van der Waals surface area contributed by atoms with Crippen molar-refractivity contribution in [3.63, 3.8) is 0 Å². The number of hydrogen-bond donors (Lipinski definition) is 1. The van der Waals surface area contributed by atoms with Crippen LogP contribution in [0.5, 0.6) is 0 Å². The molecule has 0 aliphatic rings. The molecule has 104 valence electrons. The molecule has 1 aromatic heterocycles. The first kappa shape index (κ1) is 14.1. The van der Waals surface area contributed by atoms with Gasteiger partial charge in [0.05, 0.1) is 0 Å². The predicted molar refractivity (Wildman–Crippen MR) is 76.3 cm³/mol. The number of anilines is 1. The summed E-state index contributed by atoms with van der Waals surface area (Å²) in [6.07, 6.45) is 1.28. The molecular weight excluding hydrogens is 282 g/mol. The lowest BCUT2D eigenvalue weighted by Crippen LogP contribution is -2.38. The van der Waals surface area contributed by atoms with Crippen LogP contribution in [0.4, 0.5) is 5.69 Å². The molecule has 0 saturated carbocycles. The summed E-state index contributed by atoms with van der Waals surface area (Å²) in [4.78, 5) is 35.4. The molecule has 0 radical (unpaired) electrons. The lowest BCUT2D eigenvalue weighted by atomic mass is 10.2. The minimum absolute atomic E-state index is 0.0274. The Kier molecular flexibility index (Phi) is 3.76. The molecular formula is C13H12ClN3O3. The normalized spacial score (nSPS) is 10.3. The number of rotatable bonds is 2. The van der Waals surface area contributed by atoms with Gasteiger partial charge < -0.3 is 9.88 Å². The first-order valence-electron chi connectivity index (χ1n) is 5.73. The standard InChI is InChI=1S/C13H12ClN3O3/c1-16-7-10(12(19)17(2)13(16)20)15-11(18)8-4-3-5-9(14)6-8/h3-7H,1-2H3,(H,15,18). The summed E-state index contributed by atoms with van der Waals surface area (Å²) < 4.78 is 2.14. The van der Waals surface area contributed by atoms with Crippen molar-refractivity contribution in [2.24, 2.45) is 14.1 Å². The van der Waals surface area contributed by atoms with E-state index in [1.807, 2.05) is 0 Å². The van der Waals surface area contributed by atoms with Crippen molar-refractivity contribution in [3.8, 4) is 0 Å². The molecule has 0 aliphatic carbocycles. The number of benzene rings is 1. The van der Waals surface area contributed by atoms with Gasteiger partial charge in [0.15, 0.2) is 0 Å². The fourth-order valence-corrected chi connectivity index (χ4v) is 1.91. The van der Waals surface area contributed by atoms with Crippen molar-refractivity contribution >= 4 is 23.2 Å². The van der Waals surface area contributed by atoms with Gasteiger partial charge >= 0.3 is 5.69 Å². The van der Waals surface area contributed by atoms with E-state index in [0.29, 0.717) is 10.6 Å². The van der Waals surface area contributed by atoms with Crippen LogP contribution in [0.25, 0.3) is 0 Å². The van der Waals surface area contributed by atoms with Gasteiger partial charge in [-0.1, -0.05) is 17.7 Å². The number of hydrogen-bond acceptors (Lipinski definition) is 3. The fourth-order valence-electron chi connectivity index (χ4n) is 1.72. The Labute approximate surface area is 119 Å². The van der Waals surface area contributed by atoms with E-state index in [4.69, 9.17) is 11.6 Å². The van der Waals surface area contributed by atoms with Crippen LogP contribution in [0.1, 0.15) is 10.4 Å². The highest BCUT2D eigenvalue weighted by Gasteiger charge is 2.11. The topological polar surface area (TPSA) is 73.1 Å². The Morgan fingerprint density at radius 2 is 1.95 bits per heavy atom. The summed E-state index contributed by atoms with van der Waals surface area (Å²) in [7, 11) is 2.84. The Morgan fingerprint density at radius 1 is 1.25 bits per heavy atom. The summed E-state index contributed by atoms with van der Waals surface area (Å²) >= 11 is 5.80. The molecule has 1 N–H and O–H groups in total. The van der Waals surface area contributed by atoms with Crippen LogP contribution < -0.4 is 16.6 Å². The Morgan fingerprint density at radius 3 is 2.60 bits per heavy atom. The van der Waals surface area contributed by atoms with Gasteiger partial charge in [0.2, 0.25) is 0 Å². The van der Waals surface area contributed by atoms with Crippen molar-refractivity contribution in [3.05, 3.63) is 61.9 Å². The van der Waals surface area contributed by atoms with Crippen LogP contribution >= 0.6 is 11.6 Å². The number of carbonyl (C=O) groups excluding carboxylic acids is 1. The molecule has 7 heteroatoms. The molecule has 1 amide bonds. The van der Waals surface area contributed by atoms with Crippen molar-refractivity contribution in [2.75, 3.05) is 5.32 Å². The monoisotopic (exact) mass is 293 g/mol. The largest absolute Gasteiger partial charge is 0.330 e. The van der Waals surface area contributed by atoms with Gasteiger partial charge in [-0.05, 0) is 18.2 Å². The number of aryl methyl sites for hydroxylation is 1. The maximum atomic E-state index is 12.0. The molecule has 1 heterocycles. The summed E-state index contributed by atoms with van der Waals surface area (Å²) in [5, 5.41) is 2.89. The molecule has 6 nitrogen and oxygen atoms in total. The van der Waals surface area contributed by atoms with Gasteiger partial charge in [0, 0.05) is 30.9 Å². The molecule has 2 rings (SSSR count). The average molecular weight is 294 g/mol. The zero-order chi connectivity index (χ0) is 14.9. The predicted octanol–water partition coefficient (Wildman–Crippen LogP) is 0.990. The molecule has 1 aromatic carbocycles. The average Bonchev–Trinajstić information content (AvgIpc) is 2.42. The maximum absolute atomic E-state index is 12.0. The number of nitrogens with zero attached hydrogens (tertiary/aromatic N) is 2. The maximum Gasteiger partial charge on any atom is 0.330 e. The summed E-state index contributed by atoms with van der Waals surface area (Å²) in [6, 6.07) is 6.34. The van der Waals surface area contributed by atoms with E-state index < -0.39 is 17.2 Å². The van der Waals surface area contributed by atoms with Gasteiger partial charge in [-0.25, -0.2) is 4.79 Å². The molecule has 2 aromatic rings. The van der Waals surface area contributed by atoms with Gasteiger partial charge in [-0.15, -0.1) is 0 Å². The van der Waals surface area contributed by atoms with Crippen LogP contribution in [0, 0.1) is 0 Å². The summed E-state index contributed by atoms with van der Waals surface area (Å²) in [5.41, 5.74) is -0.674. The minimum Gasteiger partial charge on any atom is -0.316 e. The highest BCUT2D eigenvalue weighted by atomic mass is 35.5. The van der Waals surface area contributed by atoms with Gasteiger partial charge in [-0.3, -0.25) is 14.2 Å². The smallest absolute Gasteiger partial charge is 0.316 e. The second kappa shape index (κ2) is 5.34. The lowest BCUT2D eigenvalue weighted by molar-refractivity contribution is 0.102. The third-order valence-corrected chi connectivity index (χ3v) is 3.02. The number of halogens is 1. The van der Waals surface area contributed by atoms with Gasteiger partial charge in [0.25, 0.3) is 11.5 Å². The molecule has 0 saturated heterocycles. The van der Waals surface area contributed by atoms with Crippen molar-refractivity contribution < 1.29 is 4.79 Å². The number of nitrogens with one attached hydrogen (secondary N) is 1. The molecule has 0 aliphatic heterocycles. The van der Waals surface area contributed by atoms with E-state index in [2.05, 4.69) is 5.32 Å². The van der Waals surface area contributed by atoms with E-state index in [9.17, 15) is 14.4 Å². The van der Waals surface area contributed by atoms with Crippen LogP contribution in [0.15, 0.2) is 40.1 Å². The quantitative estimate of drug-likeness (QED) is 0.897. The van der Waals surface area contributed by atoms with E-state index in [1.165, 1.54) is 30.9 Å². The van der Waals surface area contributed by atoms with E-state index in [1.54, 1.807) is 18.2 Å². The number of carbonyl (C=O) groups is 1. The fraction of sp³-hybridized carbons (Fsp3) is 0.154. The molecule has 20 heavy (non-hydrogen) atoms. The molecule has 0 atom stereocenters. The van der Waals surface area contributed by atoms with Crippen LogP contribution in [0.3, 0.4) is 0 Å². The first-order chi connectivity index (χ1) is 9.40. The summed E-state index contributed by atoms with van der Waals surface area (Å²) in [5.74, 6) is -0.469. The third kappa shape index (κ3) is 2.65. The SMILES string of the molecule is Cn1cc(NC(=O)c2cccc(Cl)c2)c(=O)n(C)c1=O. The molecule has 0 unspecified atom stereocenters. The number of aromatic nitrogens is 2. The Bertz CT molecular complexity index is 792. The zero-order valence-electron chi connectivity index (χ0n) is 10.9. The summed E-state index contributed by atoms with van der Waals surface area (Å²) in [6.45, 7) is 0. The lowest BCUT2D eigenvalue weighted by Gasteiger charge is -2.08. The molecule has 0 spiro atoms. The molecule has 0 bridgehead atoms. The minimum atomic E-state index is -0.566. The van der Waals surface area contributed by atoms with E-state index in [0.717, 1.165) is 4.57 Å². The van der Waals surface area contributed by atoms with Crippen molar-refractivity contribution in [2.45, 2.75) is 0 Å². The second-order valence-corrected chi connectivity index (χ2v) is 4.70.